The summed E-state index contributed by atoms with van der Waals surface area (Å²) in [6.45, 7) is 5.10. The van der Waals surface area contributed by atoms with Crippen molar-refractivity contribution in [3.8, 4) is 0 Å². The molecule has 54 valence electrons. The summed E-state index contributed by atoms with van der Waals surface area (Å²) in [6, 6.07) is 0. The largest absolute Gasteiger partial charge is 0.330 e. The van der Waals surface area contributed by atoms with Crippen LogP contribution < -0.4 is 5.73 Å². The Morgan fingerprint density at radius 1 is 1.56 bits per heavy atom. The molecule has 1 unspecified atom stereocenters. The van der Waals surface area contributed by atoms with E-state index in [0.717, 1.165) is 18.9 Å². The summed E-state index contributed by atoms with van der Waals surface area (Å²) in [6.07, 6.45) is 6.60. The van der Waals surface area contributed by atoms with Crippen molar-refractivity contribution in [3.63, 3.8) is 0 Å². The van der Waals surface area contributed by atoms with Gasteiger partial charge >= 0.3 is 0 Å². The van der Waals surface area contributed by atoms with E-state index in [1.807, 2.05) is 0 Å². The molecule has 1 atom stereocenters. The van der Waals surface area contributed by atoms with Crippen molar-refractivity contribution >= 4 is 0 Å². The third-order valence-electron chi connectivity index (χ3n) is 1.43. The van der Waals surface area contributed by atoms with E-state index in [2.05, 4.69) is 26.0 Å². The average molecular weight is 127 g/mol. The fourth-order valence-corrected chi connectivity index (χ4v) is 0.771. The van der Waals surface area contributed by atoms with Crippen molar-refractivity contribution in [2.24, 2.45) is 11.7 Å². The number of allylic oxidation sites excluding steroid dienone is 2. The minimum Gasteiger partial charge on any atom is -0.330 e. The zero-order chi connectivity index (χ0) is 7.11. The van der Waals surface area contributed by atoms with Crippen LogP contribution in [-0.2, 0) is 0 Å². The van der Waals surface area contributed by atoms with E-state index in [4.69, 9.17) is 5.73 Å². The van der Waals surface area contributed by atoms with Crippen LogP contribution in [0.5, 0.6) is 0 Å². The monoisotopic (exact) mass is 127 g/mol. The Morgan fingerprint density at radius 3 is 2.67 bits per heavy atom. The summed E-state index contributed by atoms with van der Waals surface area (Å²) in [4.78, 5) is 0. The molecule has 0 aliphatic heterocycles. The molecule has 0 radical (unpaired) electrons. The Labute approximate surface area is 57.9 Å². The Kier molecular flexibility index (Phi) is 5.64. The molecule has 0 aromatic carbocycles. The van der Waals surface area contributed by atoms with Crippen LogP contribution in [0, 0.1) is 5.92 Å². The molecule has 0 spiro atoms. The van der Waals surface area contributed by atoms with Gasteiger partial charge in [0.2, 0.25) is 0 Å². The van der Waals surface area contributed by atoms with E-state index >= 15 is 0 Å². The van der Waals surface area contributed by atoms with Crippen LogP contribution in [0.25, 0.3) is 0 Å². The fraction of sp³-hybridized carbons (Fsp3) is 0.750. The number of rotatable bonds is 4. The molecule has 0 fully saturated rings. The maximum atomic E-state index is 5.38. The first-order chi connectivity index (χ1) is 4.31. The Bertz CT molecular complexity index is 76.6. The molecule has 0 aliphatic carbocycles. The number of hydrogen-bond donors (Lipinski definition) is 1. The van der Waals surface area contributed by atoms with Gasteiger partial charge < -0.3 is 5.73 Å². The minimum absolute atomic E-state index is 0.756. The van der Waals surface area contributed by atoms with E-state index in [0.29, 0.717) is 0 Å². The van der Waals surface area contributed by atoms with Gasteiger partial charge in [-0.3, -0.25) is 0 Å². The van der Waals surface area contributed by atoms with Crippen LogP contribution in [0.15, 0.2) is 12.2 Å². The lowest BCUT2D eigenvalue weighted by Crippen LogP contribution is -2.04. The van der Waals surface area contributed by atoms with Gasteiger partial charge in [-0.1, -0.05) is 19.1 Å². The molecular weight excluding hydrogens is 110 g/mol. The Morgan fingerprint density at radius 2 is 2.22 bits per heavy atom. The van der Waals surface area contributed by atoms with E-state index < -0.39 is 0 Å². The van der Waals surface area contributed by atoms with Gasteiger partial charge in [0, 0.05) is 0 Å². The first-order valence-electron chi connectivity index (χ1n) is 3.62. The van der Waals surface area contributed by atoms with Gasteiger partial charge in [0.15, 0.2) is 0 Å². The summed E-state index contributed by atoms with van der Waals surface area (Å²) >= 11 is 0. The second kappa shape index (κ2) is 5.83. The Hall–Kier alpha value is -0.300. The molecule has 1 heteroatoms. The van der Waals surface area contributed by atoms with Crippen LogP contribution in [0.1, 0.15) is 26.7 Å². The quantitative estimate of drug-likeness (QED) is 0.574. The van der Waals surface area contributed by atoms with E-state index in [1.165, 1.54) is 6.42 Å². The number of nitrogens with two attached hydrogens (primary N) is 1. The zero-order valence-electron chi connectivity index (χ0n) is 6.43. The minimum atomic E-state index is 0.756. The average Bonchev–Trinajstić information content (AvgIpc) is 1.85. The standard InChI is InChI=1S/C8H17N/c1-3-4-5-8(2)6-7-9/h3-4,8H,5-7,9H2,1-2H3. The van der Waals surface area contributed by atoms with Crippen LogP contribution in [-0.4, -0.2) is 6.54 Å². The summed E-state index contributed by atoms with van der Waals surface area (Å²) in [5, 5.41) is 0. The second-order valence-electron chi connectivity index (χ2n) is 2.49. The van der Waals surface area contributed by atoms with E-state index in [-0.39, 0.29) is 0 Å². The molecule has 0 heterocycles. The molecule has 0 aromatic heterocycles. The molecule has 0 saturated heterocycles. The molecule has 0 aliphatic rings. The van der Waals surface area contributed by atoms with Gasteiger partial charge in [0.25, 0.3) is 0 Å². The first kappa shape index (κ1) is 8.70. The van der Waals surface area contributed by atoms with Crippen LogP contribution in [0.3, 0.4) is 0 Å². The highest BCUT2D eigenvalue weighted by Gasteiger charge is 1.94. The highest BCUT2D eigenvalue weighted by molar-refractivity contribution is 4.78. The lowest BCUT2D eigenvalue weighted by atomic mass is 10.0. The smallest absolute Gasteiger partial charge is 0.00746 e. The highest BCUT2D eigenvalue weighted by Crippen LogP contribution is 2.05. The molecule has 0 bridgehead atoms. The van der Waals surface area contributed by atoms with Crippen molar-refractivity contribution in [2.45, 2.75) is 26.7 Å². The normalized spacial score (nSPS) is 14.6. The molecule has 0 saturated carbocycles. The molecule has 1 nitrogen and oxygen atoms in total. The lowest BCUT2D eigenvalue weighted by molar-refractivity contribution is 0.548. The highest BCUT2D eigenvalue weighted by atomic mass is 14.5. The van der Waals surface area contributed by atoms with E-state index in [9.17, 15) is 0 Å². The zero-order valence-corrected chi connectivity index (χ0v) is 6.43. The van der Waals surface area contributed by atoms with Crippen molar-refractivity contribution < 1.29 is 0 Å². The Balaban J connectivity index is 3.15. The summed E-state index contributed by atoms with van der Waals surface area (Å²) in [5.74, 6) is 0.756. The predicted molar refractivity (Wildman–Crippen MR) is 42.3 cm³/mol. The van der Waals surface area contributed by atoms with Crippen molar-refractivity contribution in [1.82, 2.24) is 0 Å². The summed E-state index contributed by atoms with van der Waals surface area (Å²) in [7, 11) is 0. The number of hydrogen-bond acceptors (Lipinski definition) is 1. The summed E-state index contributed by atoms with van der Waals surface area (Å²) < 4.78 is 0. The van der Waals surface area contributed by atoms with Crippen LogP contribution in [0.2, 0.25) is 0 Å². The maximum absolute atomic E-state index is 5.38. The van der Waals surface area contributed by atoms with Crippen molar-refractivity contribution in [2.75, 3.05) is 6.54 Å². The molecular formula is C8H17N. The van der Waals surface area contributed by atoms with Gasteiger partial charge in [-0.2, -0.15) is 0 Å². The topological polar surface area (TPSA) is 26.0 Å². The van der Waals surface area contributed by atoms with E-state index in [1.54, 1.807) is 0 Å². The second-order valence-corrected chi connectivity index (χ2v) is 2.49. The van der Waals surface area contributed by atoms with Gasteiger partial charge in [-0.05, 0) is 32.2 Å². The van der Waals surface area contributed by atoms with Gasteiger partial charge in [0.05, 0.1) is 0 Å². The molecule has 9 heavy (non-hydrogen) atoms. The third kappa shape index (κ3) is 5.57. The van der Waals surface area contributed by atoms with Crippen molar-refractivity contribution in [3.05, 3.63) is 12.2 Å². The maximum Gasteiger partial charge on any atom is -0.00746 e. The molecule has 0 aromatic rings. The third-order valence-corrected chi connectivity index (χ3v) is 1.43. The van der Waals surface area contributed by atoms with Gasteiger partial charge in [-0.15, -0.1) is 0 Å². The first-order valence-corrected chi connectivity index (χ1v) is 3.62. The van der Waals surface area contributed by atoms with Gasteiger partial charge in [-0.25, -0.2) is 0 Å². The van der Waals surface area contributed by atoms with Crippen LogP contribution in [0.4, 0.5) is 0 Å². The predicted octanol–water partition coefficient (Wildman–Crippen LogP) is 1.94. The molecule has 0 rings (SSSR count). The summed E-state index contributed by atoms with van der Waals surface area (Å²) in [5.41, 5.74) is 5.38. The lowest BCUT2D eigenvalue weighted by Gasteiger charge is -2.04. The van der Waals surface area contributed by atoms with Crippen molar-refractivity contribution in [1.29, 1.82) is 0 Å². The fourth-order valence-electron chi connectivity index (χ4n) is 0.771. The SMILES string of the molecule is CC=CCC(C)CCN. The molecule has 0 amide bonds. The van der Waals surface area contributed by atoms with Crippen LogP contribution >= 0.6 is 0 Å². The van der Waals surface area contributed by atoms with Gasteiger partial charge in [0.1, 0.15) is 0 Å². The molecule has 2 N–H and O–H groups in total.